The number of benzene rings is 1. The molecule has 8 nitrogen and oxygen atoms in total. The van der Waals surface area contributed by atoms with Crippen LogP contribution in [0.3, 0.4) is 0 Å². The van der Waals surface area contributed by atoms with E-state index in [1.807, 2.05) is 30.3 Å². The van der Waals surface area contributed by atoms with E-state index in [-0.39, 0.29) is 17.5 Å². The first-order valence-electron chi connectivity index (χ1n) is 10.0. The van der Waals surface area contributed by atoms with E-state index < -0.39 is 0 Å². The van der Waals surface area contributed by atoms with Gasteiger partial charge in [0.1, 0.15) is 0 Å². The predicted octanol–water partition coefficient (Wildman–Crippen LogP) is 1.84. The molecule has 0 atom stereocenters. The fraction of sp³-hybridized carbons (Fsp3) is 0.273. The van der Waals surface area contributed by atoms with Crippen LogP contribution in [0.1, 0.15) is 24.8 Å². The molecule has 0 saturated carbocycles. The number of aryl methyl sites for hydroxylation is 1. The molecule has 30 heavy (non-hydrogen) atoms. The van der Waals surface area contributed by atoms with Gasteiger partial charge < -0.3 is 10.2 Å². The Morgan fingerprint density at radius 1 is 1.13 bits per heavy atom. The number of carbonyl (C=O) groups is 2. The number of amides is 2. The predicted molar refractivity (Wildman–Crippen MR) is 114 cm³/mol. The number of nitrogens with one attached hydrogen (secondary N) is 1. The summed E-state index contributed by atoms with van der Waals surface area (Å²) in [5, 5.41) is 7.07. The van der Waals surface area contributed by atoms with Crippen molar-refractivity contribution in [3.05, 3.63) is 70.8 Å². The highest BCUT2D eigenvalue weighted by molar-refractivity contribution is 5.95. The molecule has 1 aliphatic rings. The largest absolute Gasteiger partial charge is 0.352 e. The highest BCUT2D eigenvalue weighted by Crippen LogP contribution is 2.21. The minimum absolute atomic E-state index is 0.156. The Morgan fingerprint density at radius 3 is 2.70 bits per heavy atom. The van der Waals surface area contributed by atoms with Crippen LogP contribution in [0.5, 0.6) is 0 Å². The van der Waals surface area contributed by atoms with Gasteiger partial charge in [0.05, 0.1) is 0 Å². The molecular formula is C22H23N5O3. The van der Waals surface area contributed by atoms with E-state index in [0.29, 0.717) is 31.6 Å². The van der Waals surface area contributed by atoms with E-state index in [0.717, 1.165) is 24.2 Å². The molecule has 3 aromatic rings. The highest BCUT2D eigenvalue weighted by Gasteiger charge is 2.21. The molecule has 0 radical (unpaired) electrons. The van der Waals surface area contributed by atoms with E-state index in [1.165, 1.54) is 15.2 Å². The van der Waals surface area contributed by atoms with Gasteiger partial charge in [0, 0.05) is 44.0 Å². The first kappa shape index (κ1) is 19.6. The van der Waals surface area contributed by atoms with Gasteiger partial charge in [-0.2, -0.15) is 0 Å². The Kier molecular flexibility index (Phi) is 5.74. The van der Waals surface area contributed by atoms with Crippen LogP contribution in [0.2, 0.25) is 0 Å². The molecule has 3 heterocycles. The zero-order valence-electron chi connectivity index (χ0n) is 16.5. The van der Waals surface area contributed by atoms with Crippen molar-refractivity contribution in [1.82, 2.24) is 19.5 Å². The van der Waals surface area contributed by atoms with E-state index in [2.05, 4.69) is 10.4 Å². The molecule has 2 aromatic heterocycles. The second-order valence-electron chi connectivity index (χ2n) is 7.15. The molecule has 1 aliphatic heterocycles. The van der Waals surface area contributed by atoms with Crippen molar-refractivity contribution in [1.29, 1.82) is 0 Å². The summed E-state index contributed by atoms with van der Waals surface area (Å²) in [7, 11) is 0. The number of pyridine rings is 1. The average Bonchev–Trinajstić information content (AvgIpc) is 3.33. The third-order valence-electron chi connectivity index (χ3n) is 5.04. The molecule has 0 unspecified atom stereocenters. The third-order valence-corrected chi connectivity index (χ3v) is 5.04. The van der Waals surface area contributed by atoms with E-state index in [1.54, 1.807) is 29.3 Å². The summed E-state index contributed by atoms with van der Waals surface area (Å²) in [6.45, 7) is 1.64. The Morgan fingerprint density at radius 2 is 1.97 bits per heavy atom. The molecule has 2 amide bonds. The molecule has 0 spiro atoms. The summed E-state index contributed by atoms with van der Waals surface area (Å²) in [5.74, 6) is -0.0419. The number of rotatable bonds is 7. The minimum atomic E-state index is -0.198. The number of aromatic nitrogens is 3. The summed E-state index contributed by atoms with van der Waals surface area (Å²) in [5.41, 5.74) is 2.20. The molecule has 8 heteroatoms. The molecule has 1 N–H and O–H groups in total. The van der Waals surface area contributed by atoms with Crippen LogP contribution in [0, 0.1) is 0 Å². The molecular weight excluding hydrogens is 382 g/mol. The molecule has 1 saturated heterocycles. The SMILES string of the molecule is O=C(/C=C/c1ccc(N2CCCC2=O)cc1)NCCCn1nc2ccccn2c1=O. The van der Waals surface area contributed by atoms with Gasteiger partial charge in [0.15, 0.2) is 5.65 Å². The van der Waals surface area contributed by atoms with Crippen LogP contribution in [0.4, 0.5) is 5.69 Å². The standard InChI is InChI=1S/C22H23N5O3/c28-20(12-9-17-7-10-18(11-8-17)25-15-3-6-21(25)29)23-13-4-16-27-22(30)26-14-2-1-5-19(26)24-27/h1-2,5,7-12,14H,3-4,6,13,15-16H2,(H,23,28)/b12-9+. The lowest BCUT2D eigenvalue weighted by Gasteiger charge is -2.15. The van der Waals surface area contributed by atoms with Crippen LogP contribution in [0.15, 0.2) is 59.5 Å². The molecule has 0 bridgehead atoms. The Hall–Kier alpha value is -3.68. The van der Waals surface area contributed by atoms with Crippen molar-refractivity contribution < 1.29 is 9.59 Å². The van der Waals surface area contributed by atoms with Crippen LogP contribution < -0.4 is 15.9 Å². The smallest absolute Gasteiger partial charge is 0.350 e. The highest BCUT2D eigenvalue weighted by atomic mass is 16.2. The van der Waals surface area contributed by atoms with Crippen molar-refractivity contribution in [2.24, 2.45) is 0 Å². The summed E-state index contributed by atoms with van der Waals surface area (Å²) in [4.78, 5) is 37.8. The maximum Gasteiger partial charge on any atom is 0.350 e. The number of anilines is 1. The summed E-state index contributed by atoms with van der Waals surface area (Å²) in [6, 6.07) is 13.0. The Balaban J connectivity index is 1.24. The van der Waals surface area contributed by atoms with Gasteiger partial charge in [-0.3, -0.25) is 14.0 Å². The number of carbonyl (C=O) groups excluding carboxylic acids is 2. The lowest BCUT2D eigenvalue weighted by atomic mass is 10.2. The van der Waals surface area contributed by atoms with Gasteiger partial charge >= 0.3 is 5.69 Å². The lowest BCUT2D eigenvalue weighted by Crippen LogP contribution is -2.26. The van der Waals surface area contributed by atoms with Crippen molar-refractivity contribution in [2.75, 3.05) is 18.0 Å². The quantitative estimate of drug-likeness (QED) is 0.480. The molecule has 0 aliphatic carbocycles. The number of nitrogens with zero attached hydrogens (tertiary/aromatic N) is 4. The topological polar surface area (TPSA) is 88.7 Å². The first-order valence-corrected chi connectivity index (χ1v) is 10.0. The van der Waals surface area contributed by atoms with Crippen LogP contribution in [0.25, 0.3) is 11.7 Å². The Bertz CT molecular complexity index is 1140. The molecule has 154 valence electrons. The second-order valence-corrected chi connectivity index (χ2v) is 7.15. The number of hydrogen-bond donors (Lipinski definition) is 1. The summed E-state index contributed by atoms with van der Waals surface area (Å²) >= 11 is 0. The molecule has 1 aromatic carbocycles. The van der Waals surface area contributed by atoms with E-state index >= 15 is 0 Å². The number of hydrogen-bond acceptors (Lipinski definition) is 4. The van der Waals surface area contributed by atoms with Gasteiger partial charge in [0.25, 0.3) is 0 Å². The van der Waals surface area contributed by atoms with E-state index in [9.17, 15) is 14.4 Å². The van der Waals surface area contributed by atoms with E-state index in [4.69, 9.17) is 0 Å². The van der Waals surface area contributed by atoms with Gasteiger partial charge in [0.2, 0.25) is 11.8 Å². The summed E-state index contributed by atoms with van der Waals surface area (Å²) < 4.78 is 2.90. The fourth-order valence-corrected chi connectivity index (χ4v) is 3.47. The average molecular weight is 405 g/mol. The van der Waals surface area contributed by atoms with Gasteiger partial charge in [-0.25, -0.2) is 9.48 Å². The van der Waals surface area contributed by atoms with Gasteiger partial charge in [-0.1, -0.05) is 18.2 Å². The third kappa shape index (κ3) is 4.32. The summed E-state index contributed by atoms with van der Waals surface area (Å²) in [6.07, 6.45) is 7.00. The lowest BCUT2D eigenvalue weighted by molar-refractivity contribution is -0.117. The normalized spacial score (nSPS) is 14.1. The zero-order valence-corrected chi connectivity index (χ0v) is 16.5. The van der Waals surface area contributed by atoms with Crippen LogP contribution in [-0.2, 0) is 16.1 Å². The fourth-order valence-electron chi connectivity index (χ4n) is 3.47. The van der Waals surface area contributed by atoms with Gasteiger partial charge in [-0.05, 0) is 48.7 Å². The zero-order chi connectivity index (χ0) is 20.9. The maximum absolute atomic E-state index is 12.2. The minimum Gasteiger partial charge on any atom is -0.352 e. The van der Waals surface area contributed by atoms with Crippen molar-refractivity contribution in [2.45, 2.75) is 25.8 Å². The monoisotopic (exact) mass is 405 g/mol. The first-order chi connectivity index (χ1) is 14.6. The van der Waals surface area contributed by atoms with Gasteiger partial charge in [-0.15, -0.1) is 5.10 Å². The number of fused-ring (bicyclic) bond motifs is 1. The van der Waals surface area contributed by atoms with Crippen LogP contribution >= 0.6 is 0 Å². The van der Waals surface area contributed by atoms with Crippen molar-refractivity contribution in [3.8, 4) is 0 Å². The van der Waals surface area contributed by atoms with Crippen molar-refractivity contribution in [3.63, 3.8) is 0 Å². The Labute approximate surface area is 173 Å². The maximum atomic E-state index is 12.2. The van der Waals surface area contributed by atoms with Crippen molar-refractivity contribution >= 4 is 29.2 Å². The molecule has 1 fully saturated rings. The second kappa shape index (κ2) is 8.77. The van der Waals surface area contributed by atoms with Crippen LogP contribution in [-0.4, -0.2) is 39.1 Å². The molecule has 4 rings (SSSR count).